The van der Waals surface area contributed by atoms with Crippen LogP contribution in [0.2, 0.25) is 0 Å². The highest BCUT2D eigenvalue weighted by molar-refractivity contribution is 5.76. The van der Waals surface area contributed by atoms with E-state index in [1.54, 1.807) is 6.92 Å². The number of carbonyl (C=O) groups is 1. The third-order valence-corrected chi connectivity index (χ3v) is 3.58. The van der Waals surface area contributed by atoms with Gasteiger partial charge < -0.3 is 14.6 Å². The maximum atomic E-state index is 13.5. The molecule has 1 unspecified atom stereocenters. The van der Waals surface area contributed by atoms with Gasteiger partial charge in [0.15, 0.2) is 17.4 Å². The van der Waals surface area contributed by atoms with Gasteiger partial charge in [-0.15, -0.1) is 0 Å². The lowest BCUT2D eigenvalue weighted by Crippen LogP contribution is -2.36. The van der Waals surface area contributed by atoms with Gasteiger partial charge in [0.1, 0.15) is 12.4 Å². The van der Waals surface area contributed by atoms with Gasteiger partial charge in [-0.3, -0.25) is 4.79 Å². The molecular formula is C18H23F2N3O3. The Morgan fingerprint density at radius 3 is 2.73 bits per heavy atom. The molecule has 0 aliphatic heterocycles. The molecule has 8 heteroatoms. The lowest BCUT2D eigenvalue weighted by Gasteiger charge is -2.15. The van der Waals surface area contributed by atoms with Crippen LogP contribution in [-0.4, -0.2) is 28.7 Å². The van der Waals surface area contributed by atoms with E-state index in [1.165, 1.54) is 6.07 Å². The Kier molecular flexibility index (Phi) is 7.06. The van der Waals surface area contributed by atoms with Crippen molar-refractivity contribution in [1.82, 2.24) is 15.5 Å². The Morgan fingerprint density at radius 2 is 2.08 bits per heavy atom. The summed E-state index contributed by atoms with van der Waals surface area (Å²) < 4.78 is 36.7. The SMILES string of the molecule is CC(COc1ccc(F)cc1F)NC(=O)CCCc1nc(C(C)C)no1. The summed E-state index contributed by atoms with van der Waals surface area (Å²) in [6, 6.07) is 2.77. The number of hydrogen-bond donors (Lipinski definition) is 1. The summed E-state index contributed by atoms with van der Waals surface area (Å²) in [4.78, 5) is 16.2. The summed E-state index contributed by atoms with van der Waals surface area (Å²) in [6.07, 6.45) is 1.40. The first kappa shape index (κ1) is 19.8. The fraction of sp³-hybridized carbons (Fsp3) is 0.500. The number of hydrogen-bond acceptors (Lipinski definition) is 5. The number of halogens is 2. The largest absolute Gasteiger partial charge is 0.488 e. The van der Waals surface area contributed by atoms with Gasteiger partial charge in [-0.25, -0.2) is 8.78 Å². The summed E-state index contributed by atoms with van der Waals surface area (Å²) in [5, 5.41) is 6.63. The minimum absolute atomic E-state index is 0.0511. The van der Waals surface area contributed by atoms with Crippen molar-refractivity contribution in [3.63, 3.8) is 0 Å². The van der Waals surface area contributed by atoms with Crippen LogP contribution in [0.3, 0.4) is 0 Å². The van der Waals surface area contributed by atoms with E-state index >= 15 is 0 Å². The number of benzene rings is 1. The van der Waals surface area contributed by atoms with Crippen molar-refractivity contribution in [3.8, 4) is 5.75 Å². The fourth-order valence-electron chi connectivity index (χ4n) is 2.20. The standard InChI is InChI=1S/C18H23F2N3O3/c1-11(2)18-22-17(26-23-18)6-4-5-16(24)21-12(3)10-25-15-8-7-13(19)9-14(15)20/h7-9,11-12H,4-6,10H2,1-3H3,(H,21,24). The first-order valence-corrected chi connectivity index (χ1v) is 8.55. The number of ether oxygens (including phenoxy) is 1. The molecule has 0 spiro atoms. The summed E-state index contributed by atoms with van der Waals surface area (Å²) in [5.74, 6) is -0.272. The molecule has 0 aliphatic carbocycles. The second-order valence-electron chi connectivity index (χ2n) is 6.41. The molecule has 1 aromatic carbocycles. The van der Waals surface area contributed by atoms with E-state index in [0.717, 1.165) is 12.1 Å². The Hall–Kier alpha value is -2.51. The monoisotopic (exact) mass is 367 g/mol. The molecule has 0 saturated heterocycles. The van der Waals surface area contributed by atoms with E-state index < -0.39 is 11.6 Å². The van der Waals surface area contributed by atoms with Crippen molar-refractivity contribution in [3.05, 3.63) is 41.5 Å². The van der Waals surface area contributed by atoms with Gasteiger partial charge in [-0.2, -0.15) is 4.98 Å². The number of aromatic nitrogens is 2. The van der Waals surface area contributed by atoms with Crippen LogP contribution in [0.4, 0.5) is 8.78 Å². The van der Waals surface area contributed by atoms with E-state index in [1.807, 2.05) is 13.8 Å². The zero-order valence-electron chi connectivity index (χ0n) is 15.1. The van der Waals surface area contributed by atoms with Crippen LogP contribution < -0.4 is 10.1 Å². The molecule has 2 aromatic rings. The fourth-order valence-corrected chi connectivity index (χ4v) is 2.20. The van der Waals surface area contributed by atoms with Crippen molar-refractivity contribution in [1.29, 1.82) is 0 Å². The molecule has 1 aromatic heterocycles. The highest BCUT2D eigenvalue weighted by Gasteiger charge is 2.12. The van der Waals surface area contributed by atoms with Crippen LogP contribution in [0.15, 0.2) is 22.7 Å². The van der Waals surface area contributed by atoms with Crippen molar-refractivity contribution in [2.75, 3.05) is 6.61 Å². The molecule has 26 heavy (non-hydrogen) atoms. The van der Waals surface area contributed by atoms with Gasteiger partial charge in [0, 0.05) is 24.8 Å². The molecule has 142 valence electrons. The average molecular weight is 367 g/mol. The minimum Gasteiger partial charge on any atom is -0.488 e. The average Bonchev–Trinajstić information content (AvgIpc) is 3.03. The predicted octanol–water partition coefficient (Wildman–Crippen LogP) is 3.38. The Morgan fingerprint density at radius 1 is 1.31 bits per heavy atom. The van der Waals surface area contributed by atoms with Crippen molar-refractivity contribution in [2.24, 2.45) is 0 Å². The van der Waals surface area contributed by atoms with Gasteiger partial charge in [0.05, 0.1) is 6.04 Å². The lowest BCUT2D eigenvalue weighted by atomic mass is 10.2. The van der Waals surface area contributed by atoms with Crippen molar-refractivity contribution >= 4 is 5.91 Å². The molecule has 2 rings (SSSR count). The number of aryl methyl sites for hydroxylation is 1. The number of rotatable bonds is 9. The maximum absolute atomic E-state index is 13.5. The maximum Gasteiger partial charge on any atom is 0.226 e. The summed E-state index contributed by atoms with van der Waals surface area (Å²) >= 11 is 0. The first-order valence-electron chi connectivity index (χ1n) is 8.55. The van der Waals surface area contributed by atoms with Crippen molar-refractivity contribution < 1.29 is 22.8 Å². The molecule has 0 radical (unpaired) electrons. The van der Waals surface area contributed by atoms with Crippen LogP contribution in [0, 0.1) is 11.6 Å². The quantitative estimate of drug-likeness (QED) is 0.735. The van der Waals surface area contributed by atoms with E-state index in [0.29, 0.717) is 31.0 Å². The zero-order valence-corrected chi connectivity index (χ0v) is 15.1. The number of amides is 1. The molecule has 1 heterocycles. The van der Waals surface area contributed by atoms with E-state index in [4.69, 9.17) is 9.26 Å². The number of nitrogens with one attached hydrogen (secondary N) is 1. The lowest BCUT2D eigenvalue weighted by molar-refractivity contribution is -0.122. The van der Waals surface area contributed by atoms with Crippen LogP contribution in [0.25, 0.3) is 0 Å². The first-order chi connectivity index (χ1) is 12.3. The number of carbonyl (C=O) groups excluding carboxylic acids is 1. The van der Waals surface area contributed by atoms with Crippen LogP contribution >= 0.6 is 0 Å². The highest BCUT2D eigenvalue weighted by atomic mass is 19.1. The summed E-state index contributed by atoms with van der Waals surface area (Å²) in [6.45, 7) is 5.77. The van der Waals surface area contributed by atoms with Crippen LogP contribution in [0.1, 0.15) is 51.2 Å². The summed E-state index contributed by atoms with van der Waals surface area (Å²) in [5.41, 5.74) is 0. The molecule has 0 aliphatic rings. The van der Waals surface area contributed by atoms with Gasteiger partial charge in [-0.1, -0.05) is 19.0 Å². The van der Waals surface area contributed by atoms with Crippen LogP contribution in [-0.2, 0) is 11.2 Å². The second-order valence-corrected chi connectivity index (χ2v) is 6.41. The molecule has 0 fully saturated rings. The van der Waals surface area contributed by atoms with E-state index in [-0.39, 0.29) is 30.2 Å². The Balaban J connectivity index is 1.68. The smallest absolute Gasteiger partial charge is 0.226 e. The third kappa shape index (κ3) is 6.09. The van der Waals surface area contributed by atoms with Gasteiger partial charge in [-0.05, 0) is 25.5 Å². The molecule has 1 N–H and O–H groups in total. The zero-order chi connectivity index (χ0) is 19.1. The summed E-state index contributed by atoms with van der Waals surface area (Å²) in [7, 11) is 0. The van der Waals surface area contributed by atoms with E-state index in [2.05, 4.69) is 15.5 Å². The number of nitrogens with zero attached hydrogens (tertiary/aromatic N) is 2. The third-order valence-electron chi connectivity index (χ3n) is 3.58. The van der Waals surface area contributed by atoms with Gasteiger partial charge >= 0.3 is 0 Å². The second kappa shape index (κ2) is 9.26. The minimum atomic E-state index is -0.774. The molecule has 6 nitrogen and oxygen atoms in total. The molecular weight excluding hydrogens is 344 g/mol. The molecule has 1 amide bonds. The molecule has 0 saturated carbocycles. The Bertz CT molecular complexity index is 734. The normalized spacial score (nSPS) is 12.2. The van der Waals surface area contributed by atoms with E-state index in [9.17, 15) is 13.6 Å². The molecule has 1 atom stereocenters. The predicted molar refractivity (Wildman–Crippen MR) is 90.8 cm³/mol. The topological polar surface area (TPSA) is 77.2 Å². The molecule has 0 bridgehead atoms. The van der Waals surface area contributed by atoms with Gasteiger partial charge in [0.25, 0.3) is 0 Å². The van der Waals surface area contributed by atoms with Gasteiger partial charge in [0.2, 0.25) is 11.8 Å². The highest BCUT2D eigenvalue weighted by Crippen LogP contribution is 2.17. The van der Waals surface area contributed by atoms with Crippen LogP contribution in [0.5, 0.6) is 5.75 Å². The van der Waals surface area contributed by atoms with Crippen molar-refractivity contribution in [2.45, 2.75) is 52.0 Å². The Labute approximate surface area is 150 Å².